The molecule has 0 heterocycles. The second-order valence-corrected chi connectivity index (χ2v) is 14.2. The maximum Gasteiger partial charge on any atom is 0.0308 e. The zero-order chi connectivity index (χ0) is 23.3. The first-order valence-corrected chi connectivity index (χ1v) is 14.5. The topological polar surface area (TPSA) is 6.48 Å². The van der Waals surface area contributed by atoms with E-state index < -0.39 is 0 Å². The van der Waals surface area contributed by atoms with Gasteiger partial charge in [0.25, 0.3) is 0 Å². The SMILES string of the molecule is CC(Cl)CCCN(C)[C@H]1CC[C@@]2(C)[C@@H](CC[C@@H]3[C@@H]2CC[C@]2(C)[C@@H]([C@H](C)N(C)C)CC[C@@H]32)C1. The smallest absolute Gasteiger partial charge is 0.0308 e. The van der Waals surface area contributed by atoms with Crippen LogP contribution in [-0.4, -0.2) is 54.9 Å². The number of rotatable bonds is 7. The van der Waals surface area contributed by atoms with E-state index in [4.69, 9.17) is 11.6 Å². The molecule has 0 bridgehead atoms. The lowest BCUT2D eigenvalue weighted by Gasteiger charge is -2.62. The van der Waals surface area contributed by atoms with Crippen LogP contribution in [0.15, 0.2) is 0 Å². The third-order valence-electron chi connectivity index (χ3n) is 11.8. The van der Waals surface area contributed by atoms with E-state index in [0.717, 1.165) is 48.1 Å². The van der Waals surface area contributed by atoms with Gasteiger partial charge < -0.3 is 9.80 Å². The Morgan fingerprint density at radius 1 is 0.875 bits per heavy atom. The fourth-order valence-corrected chi connectivity index (χ4v) is 9.79. The molecule has 4 aliphatic rings. The van der Waals surface area contributed by atoms with E-state index in [2.05, 4.69) is 58.6 Å². The number of halogens is 1. The summed E-state index contributed by atoms with van der Waals surface area (Å²) in [5.41, 5.74) is 1.20. The van der Waals surface area contributed by atoms with E-state index in [0.29, 0.717) is 16.2 Å². The first kappa shape index (κ1) is 25.3. The lowest BCUT2D eigenvalue weighted by Crippen LogP contribution is -2.56. The number of nitrogens with zero attached hydrogens (tertiary/aromatic N) is 2. The fourth-order valence-electron chi connectivity index (χ4n) is 9.63. The molecule has 32 heavy (non-hydrogen) atoms. The van der Waals surface area contributed by atoms with Crippen molar-refractivity contribution < 1.29 is 0 Å². The highest BCUT2D eigenvalue weighted by molar-refractivity contribution is 6.20. The fraction of sp³-hybridized carbons (Fsp3) is 1.00. The molecular formula is C29H53ClN2. The Balaban J connectivity index is 1.42. The predicted octanol–water partition coefficient (Wildman–Crippen LogP) is 7.30. The van der Waals surface area contributed by atoms with Crippen LogP contribution in [0.5, 0.6) is 0 Å². The van der Waals surface area contributed by atoms with Crippen LogP contribution in [0.25, 0.3) is 0 Å². The number of hydrogen-bond acceptors (Lipinski definition) is 2. The van der Waals surface area contributed by atoms with Crippen molar-refractivity contribution >= 4 is 11.6 Å². The van der Waals surface area contributed by atoms with E-state index >= 15 is 0 Å². The molecular weight excluding hydrogens is 412 g/mol. The molecule has 0 spiro atoms. The summed E-state index contributed by atoms with van der Waals surface area (Å²) in [5.74, 6) is 4.85. The van der Waals surface area contributed by atoms with E-state index in [1.54, 1.807) is 0 Å². The summed E-state index contributed by atoms with van der Waals surface area (Å²) < 4.78 is 0. The molecule has 1 unspecified atom stereocenters. The third kappa shape index (κ3) is 4.44. The molecule has 3 heteroatoms. The van der Waals surface area contributed by atoms with Gasteiger partial charge in [-0.15, -0.1) is 11.6 Å². The molecule has 4 saturated carbocycles. The molecule has 0 saturated heterocycles. The van der Waals surface area contributed by atoms with Crippen LogP contribution < -0.4 is 0 Å². The first-order valence-electron chi connectivity index (χ1n) is 14.1. The summed E-state index contributed by atoms with van der Waals surface area (Å²) in [6.45, 7) is 11.3. The monoisotopic (exact) mass is 464 g/mol. The third-order valence-corrected chi connectivity index (χ3v) is 12.1. The molecule has 0 aromatic carbocycles. The van der Waals surface area contributed by atoms with Gasteiger partial charge in [0.05, 0.1) is 0 Å². The summed E-state index contributed by atoms with van der Waals surface area (Å²) in [6, 6.07) is 1.53. The minimum Gasteiger partial charge on any atom is -0.306 e. The minimum atomic E-state index is 0.321. The molecule has 4 rings (SSSR count). The maximum atomic E-state index is 6.19. The Hall–Kier alpha value is 0.210. The van der Waals surface area contributed by atoms with Crippen molar-refractivity contribution in [3.8, 4) is 0 Å². The van der Waals surface area contributed by atoms with Crippen LogP contribution in [0, 0.1) is 40.4 Å². The van der Waals surface area contributed by atoms with Gasteiger partial charge in [0.1, 0.15) is 0 Å². The minimum absolute atomic E-state index is 0.321. The van der Waals surface area contributed by atoms with Gasteiger partial charge in [-0.05, 0) is 153 Å². The van der Waals surface area contributed by atoms with Crippen LogP contribution in [0.2, 0.25) is 0 Å². The summed E-state index contributed by atoms with van der Waals surface area (Å²) in [7, 11) is 6.98. The normalized spacial score (nSPS) is 45.9. The Morgan fingerprint density at radius 2 is 1.56 bits per heavy atom. The Labute approximate surface area is 205 Å². The van der Waals surface area contributed by atoms with Crippen molar-refractivity contribution in [3.63, 3.8) is 0 Å². The molecule has 0 amide bonds. The van der Waals surface area contributed by atoms with Gasteiger partial charge in [-0.2, -0.15) is 0 Å². The van der Waals surface area contributed by atoms with E-state index in [9.17, 15) is 0 Å². The average molecular weight is 465 g/mol. The second kappa shape index (κ2) is 9.69. The van der Waals surface area contributed by atoms with Gasteiger partial charge in [0.2, 0.25) is 0 Å². The Bertz CT molecular complexity index is 635. The van der Waals surface area contributed by atoms with Crippen LogP contribution >= 0.6 is 11.6 Å². The van der Waals surface area contributed by atoms with Crippen molar-refractivity contribution in [2.24, 2.45) is 40.4 Å². The highest BCUT2D eigenvalue weighted by Gasteiger charge is 2.60. The van der Waals surface area contributed by atoms with Crippen LogP contribution in [-0.2, 0) is 0 Å². The van der Waals surface area contributed by atoms with Crippen molar-refractivity contribution in [2.75, 3.05) is 27.7 Å². The summed E-state index contributed by atoms with van der Waals surface area (Å²) >= 11 is 6.19. The summed E-state index contributed by atoms with van der Waals surface area (Å²) in [4.78, 5) is 5.18. The zero-order valence-corrected chi connectivity index (χ0v) is 23.1. The molecule has 0 aliphatic heterocycles. The molecule has 0 aromatic rings. The van der Waals surface area contributed by atoms with Crippen LogP contribution in [0.1, 0.15) is 98.3 Å². The summed E-state index contributed by atoms with van der Waals surface area (Å²) in [6.07, 6.45) is 15.7. The molecule has 0 aromatic heterocycles. The molecule has 0 N–H and O–H groups in total. The van der Waals surface area contributed by atoms with Gasteiger partial charge in [-0.3, -0.25) is 0 Å². The maximum absolute atomic E-state index is 6.19. The first-order chi connectivity index (χ1) is 15.1. The molecule has 4 fully saturated rings. The average Bonchev–Trinajstić information content (AvgIpc) is 3.09. The summed E-state index contributed by atoms with van der Waals surface area (Å²) in [5, 5.41) is 0.321. The largest absolute Gasteiger partial charge is 0.306 e. The quantitative estimate of drug-likeness (QED) is 0.364. The number of fused-ring (bicyclic) bond motifs is 5. The van der Waals surface area contributed by atoms with E-state index in [-0.39, 0.29) is 0 Å². The van der Waals surface area contributed by atoms with Gasteiger partial charge in [-0.25, -0.2) is 0 Å². The molecule has 0 radical (unpaired) electrons. The molecule has 186 valence electrons. The van der Waals surface area contributed by atoms with Crippen molar-refractivity contribution in [3.05, 3.63) is 0 Å². The van der Waals surface area contributed by atoms with Crippen LogP contribution in [0.3, 0.4) is 0 Å². The predicted molar refractivity (Wildman–Crippen MR) is 139 cm³/mol. The molecule has 2 nitrogen and oxygen atoms in total. The number of alkyl halides is 1. The van der Waals surface area contributed by atoms with Gasteiger partial charge in [-0.1, -0.05) is 13.8 Å². The van der Waals surface area contributed by atoms with Crippen molar-refractivity contribution in [1.29, 1.82) is 0 Å². The second-order valence-electron chi connectivity index (χ2n) is 13.4. The highest BCUT2D eigenvalue weighted by atomic mass is 35.5. The Kier molecular flexibility index (Phi) is 7.67. The molecule has 4 aliphatic carbocycles. The molecule has 10 atom stereocenters. The lowest BCUT2D eigenvalue weighted by atomic mass is 9.44. The van der Waals surface area contributed by atoms with E-state index in [1.807, 2.05) is 0 Å². The number of hydrogen-bond donors (Lipinski definition) is 0. The van der Waals surface area contributed by atoms with E-state index in [1.165, 1.54) is 70.8 Å². The van der Waals surface area contributed by atoms with Crippen molar-refractivity contribution in [1.82, 2.24) is 9.80 Å². The lowest BCUT2D eigenvalue weighted by molar-refractivity contribution is -0.123. The Morgan fingerprint density at radius 3 is 2.25 bits per heavy atom. The van der Waals surface area contributed by atoms with Crippen molar-refractivity contribution in [2.45, 2.75) is 116 Å². The highest BCUT2D eigenvalue weighted by Crippen LogP contribution is 2.68. The standard InChI is InChI=1S/C29H53ClN2/c1-20(30)9-8-18-32(7)23-14-16-28(3)22(19-23)10-11-24-26-13-12-25(21(2)31(5)6)29(26,4)17-15-27(24)28/h20-27H,8-19H2,1-7H3/t20?,21-,22-,23-,24-,25+,26-,27-,28-,29+/m0/s1. The zero-order valence-electron chi connectivity index (χ0n) is 22.4. The van der Waals surface area contributed by atoms with Gasteiger partial charge in [0, 0.05) is 17.5 Å². The van der Waals surface area contributed by atoms with Gasteiger partial charge >= 0.3 is 0 Å². The van der Waals surface area contributed by atoms with Gasteiger partial charge in [0.15, 0.2) is 0 Å². The van der Waals surface area contributed by atoms with Crippen LogP contribution in [0.4, 0.5) is 0 Å².